The summed E-state index contributed by atoms with van der Waals surface area (Å²) < 4.78 is 13.2. The number of amides is 2. The molecule has 4 nitrogen and oxygen atoms in total. The minimum atomic E-state index is -0.807. The summed E-state index contributed by atoms with van der Waals surface area (Å²) in [5.41, 5.74) is 2.06. The van der Waals surface area contributed by atoms with Crippen molar-refractivity contribution in [3.63, 3.8) is 0 Å². The van der Waals surface area contributed by atoms with Crippen molar-refractivity contribution >= 4 is 17.5 Å². The van der Waals surface area contributed by atoms with E-state index in [1.165, 1.54) is 12.1 Å². The van der Waals surface area contributed by atoms with E-state index >= 15 is 0 Å². The first-order valence-corrected chi connectivity index (χ1v) is 7.37. The van der Waals surface area contributed by atoms with E-state index in [0.717, 1.165) is 5.56 Å². The second-order valence-electron chi connectivity index (χ2n) is 5.44. The zero-order chi connectivity index (χ0) is 16.8. The van der Waals surface area contributed by atoms with Crippen molar-refractivity contribution < 1.29 is 14.0 Å². The first-order valence-electron chi connectivity index (χ1n) is 7.37. The van der Waals surface area contributed by atoms with Gasteiger partial charge in [0.25, 0.3) is 0 Å². The van der Waals surface area contributed by atoms with Crippen LogP contribution in [0.4, 0.5) is 10.1 Å². The Hall–Kier alpha value is -2.69. The molecule has 0 heterocycles. The second kappa shape index (κ2) is 7.54. The van der Waals surface area contributed by atoms with Gasteiger partial charge in [-0.15, -0.1) is 0 Å². The van der Waals surface area contributed by atoms with Gasteiger partial charge in [0.05, 0.1) is 0 Å². The van der Waals surface area contributed by atoms with Crippen molar-refractivity contribution in [2.24, 2.45) is 0 Å². The number of carbonyl (C=O) groups excluding carboxylic acids is 2. The molecule has 0 aliphatic carbocycles. The van der Waals surface area contributed by atoms with Crippen molar-refractivity contribution in [3.8, 4) is 0 Å². The van der Waals surface area contributed by atoms with E-state index < -0.39 is 17.6 Å². The van der Waals surface area contributed by atoms with Gasteiger partial charge in [-0.2, -0.15) is 0 Å². The molecule has 120 valence electrons. The molecule has 1 atom stereocenters. The lowest BCUT2D eigenvalue weighted by atomic mass is 10.0. The van der Waals surface area contributed by atoms with Crippen LogP contribution in [0.15, 0.2) is 48.5 Å². The summed E-state index contributed by atoms with van der Waals surface area (Å²) in [7, 11) is 0. The number of aryl methyl sites for hydroxylation is 1. The fourth-order valence-corrected chi connectivity index (χ4v) is 2.13. The molecule has 5 heteroatoms. The van der Waals surface area contributed by atoms with Crippen molar-refractivity contribution in [1.82, 2.24) is 5.32 Å². The van der Waals surface area contributed by atoms with E-state index in [0.29, 0.717) is 17.8 Å². The average Bonchev–Trinajstić information content (AvgIpc) is 2.56. The molecule has 0 aromatic heterocycles. The molecule has 2 aromatic carbocycles. The summed E-state index contributed by atoms with van der Waals surface area (Å²) in [5, 5.41) is 5.01. The summed E-state index contributed by atoms with van der Waals surface area (Å²) in [4.78, 5) is 23.7. The monoisotopic (exact) mass is 314 g/mol. The van der Waals surface area contributed by atoms with Gasteiger partial charge in [0.15, 0.2) is 0 Å². The number of hydrogen-bond acceptors (Lipinski definition) is 2. The third kappa shape index (κ3) is 4.64. The fraction of sp³-hybridized carbons (Fsp3) is 0.222. The van der Waals surface area contributed by atoms with Crippen LogP contribution < -0.4 is 10.6 Å². The number of halogens is 1. The molecule has 0 radical (unpaired) electrons. The highest BCUT2D eigenvalue weighted by Gasteiger charge is 2.16. The molecule has 2 amide bonds. The number of benzene rings is 2. The maximum atomic E-state index is 13.2. The SMILES string of the molecule is Cc1ccc(F)cc1NC(=O)C(=O)NC[C@H](C)c1ccccc1. The Labute approximate surface area is 134 Å². The summed E-state index contributed by atoms with van der Waals surface area (Å²) in [6.07, 6.45) is 0. The van der Waals surface area contributed by atoms with Crippen LogP contribution in [0.25, 0.3) is 0 Å². The zero-order valence-corrected chi connectivity index (χ0v) is 13.1. The third-order valence-electron chi connectivity index (χ3n) is 3.59. The van der Waals surface area contributed by atoms with Crippen molar-refractivity contribution in [2.45, 2.75) is 19.8 Å². The molecule has 0 saturated heterocycles. The Morgan fingerprint density at radius 1 is 1.09 bits per heavy atom. The van der Waals surface area contributed by atoms with Crippen LogP contribution in [0.3, 0.4) is 0 Å². The number of carbonyl (C=O) groups is 2. The maximum absolute atomic E-state index is 13.2. The summed E-state index contributed by atoms with van der Waals surface area (Å²) >= 11 is 0. The lowest BCUT2D eigenvalue weighted by Crippen LogP contribution is -2.37. The minimum Gasteiger partial charge on any atom is -0.347 e. The van der Waals surface area contributed by atoms with Gasteiger partial charge in [0.2, 0.25) is 0 Å². The Kier molecular flexibility index (Phi) is 5.46. The first kappa shape index (κ1) is 16.7. The van der Waals surface area contributed by atoms with Gasteiger partial charge >= 0.3 is 11.8 Å². The number of anilines is 1. The largest absolute Gasteiger partial charge is 0.347 e. The average molecular weight is 314 g/mol. The molecule has 0 aliphatic rings. The topological polar surface area (TPSA) is 58.2 Å². The standard InChI is InChI=1S/C18H19FN2O2/c1-12-8-9-15(19)10-16(12)21-18(23)17(22)20-11-13(2)14-6-4-3-5-7-14/h3-10,13H,11H2,1-2H3,(H,20,22)(H,21,23)/t13-/m0/s1. The summed E-state index contributed by atoms with van der Waals surface area (Å²) in [5.74, 6) is -1.93. The Morgan fingerprint density at radius 2 is 1.78 bits per heavy atom. The molecule has 0 fully saturated rings. The van der Waals surface area contributed by atoms with Crippen LogP contribution in [-0.4, -0.2) is 18.4 Å². The highest BCUT2D eigenvalue weighted by Crippen LogP contribution is 2.16. The van der Waals surface area contributed by atoms with Gasteiger partial charge in [0.1, 0.15) is 5.82 Å². The van der Waals surface area contributed by atoms with Crippen LogP contribution in [-0.2, 0) is 9.59 Å². The third-order valence-corrected chi connectivity index (χ3v) is 3.59. The van der Waals surface area contributed by atoms with Crippen LogP contribution >= 0.6 is 0 Å². The molecule has 2 N–H and O–H groups in total. The lowest BCUT2D eigenvalue weighted by Gasteiger charge is -2.13. The summed E-state index contributed by atoms with van der Waals surface area (Å²) in [6.45, 7) is 4.03. The minimum absolute atomic E-state index is 0.0869. The van der Waals surface area contributed by atoms with Crippen molar-refractivity contribution in [3.05, 3.63) is 65.5 Å². The highest BCUT2D eigenvalue weighted by molar-refractivity contribution is 6.39. The van der Waals surface area contributed by atoms with E-state index in [1.807, 2.05) is 37.3 Å². The summed E-state index contributed by atoms with van der Waals surface area (Å²) in [6, 6.07) is 13.7. The molecule has 2 aromatic rings. The first-order chi connectivity index (χ1) is 11.0. The molecule has 2 rings (SSSR count). The lowest BCUT2D eigenvalue weighted by molar-refractivity contribution is -0.136. The molecular formula is C18H19FN2O2. The molecule has 23 heavy (non-hydrogen) atoms. The van der Waals surface area contributed by atoms with Crippen LogP contribution in [0.1, 0.15) is 24.0 Å². The molecule has 0 spiro atoms. The van der Waals surface area contributed by atoms with Crippen LogP contribution in [0.5, 0.6) is 0 Å². The maximum Gasteiger partial charge on any atom is 0.313 e. The van der Waals surface area contributed by atoms with Crippen molar-refractivity contribution in [2.75, 3.05) is 11.9 Å². The van der Waals surface area contributed by atoms with Gasteiger partial charge < -0.3 is 10.6 Å². The van der Waals surface area contributed by atoms with E-state index in [4.69, 9.17) is 0 Å². The van der Waals surface area contributed by atoms with E-state index in [9.17, 15) is 14.0 Å². The van der Waals surface area contributed by atoms with Crippen LogP contribution in [0, 0.1) is 12.7 Å². The van der Waals surface area contributed by atoms with E-state index in [2.05, 4.69) is 10.6 Å². The fourth-order valence-electron chi connectivity index (χ4n) is 2.13. The van der Waals surface area contributed by atoms with Crippen LogP contribution in [0.2, 0.25) is 0 Å². The quantitative estimate of drug-likeness (QED) is 0.852. The zero-order valence-electron chi connectivity index (χ0n) is 13.1. The van der Waals surface area contributed by atoms with Gasteiger partial charge in [-0.05, 0) is 36.1 Å². The van der Waals surface area contributed by atoms with Gasteiger partial charge in [-0.1, -0.05) is 43.3 Å². The predicted molar refractivity (Wildman–Crippen MR) is 87.6 cm³/mol. The van der Waals surface area contributed by atoms with Gasteiger partial charge in [0, 0.05) is 12.2 Å². The molecule has 0 aliphatic heterocycles. The van der Waals surface area contributed by atoms with E-state index in [1.54, 1.807) is 13.0 Å². The molecule has 0 unspecified atom stereocenters. The molecule has 0 bridgehead atoms. The van der Waals surface area contributed by atoms with Gasteiger partial charge in [-0.3, -0.25) is 9.59 Å². The highest BCUT2D eigenvalue weighted by atomic mass is 19.1. The second-order valence-corrected chi connectivity index (χ2v) is 5.44. The number of rotatable bonds is 4. The number of hydrogen-bond donors (Lipinski definition) is 2. The van der Waals surface area contributed by atoms with E-state index in [-0.39, 0.29) is 5.92 Å². The Bertz CT molecular complexity index is 701. The predicted octanol–water partition coefficient (Wildman–Crippen LogP) is 2.99. The van der Waals surface area contributed by atoms with Gasteiger partial charge in [-0.25, -0.2) is 4.39 Å². The molecular weight excluding hydrogens is 295 g/mol. The van der Waals surface area contributed by atoms with Crippen molar-refractivity contribution in [1.29, 1.82) is 0 Å². The number of nitrogens with one attached hydrogen (secondary N) is 2. The normalized spacial score (nSPS) is 11.6. The Morgan fingerprint density at radius 3 is 2.48 bits per heavy atom. The molecule has 0 saturated carbocycles. The Balaban J connectivity index is 1.90. The smallest absolute Gasteiger partial charge is 0.313 e.